The number of nitrogens with zero attached hydrogens (tertiary/aromatic N) is 8. The van der Waals surface area contributed by atoms with Gasteiger partial charge in [0.2, 0.25) is 0 Å². The van der Waals surface area contributed by atoms with Gasteiger partial charge < -0.3 is 0 Å². The van der Waals surface area contributed by atoms with E-state index in [4.69, 9.17) is 79.8 Å². The second-order valence-corrected chi connectivity index (χ2v) is 4.29. The number of hydrogen-bond acceptors (Lipinski definition) is 8. The summed E-state index contributed by atoms with van der Waals surface area (Å²) in [4.78, 5) is 32.1. The molecule has 0 radical (unpaired) electrons. The van der Waals surface area contributed by atoms with E-state index in [1.165, 1.54) is 54.5 Å². The van der Waals surface area contributed by atoms with E-state index in [-0.39, 0.29) is 0 Å². The Hall–Kier alpha value is -3.68. The summed E-state index contributed by atoms with van der Waals surface area (Å²) in [5, 5.41) is 0. The molecule has 0 bridgehead atoms. The maximum absolute atomic E-state index is 7.50. The fourth-order valence-corrected chi connectivity index (χ4v) is 1.66. The second kappa shape index (κ2) is 127. The number of hydrogen-bond donors (Lipinski definition) is 0. The van der Waals surface area contributed by atoms with E-state index in [1.54, 1.807) is 73.8 Å². The molecule has 0 fully saturated rings. The Labute approximate surface area is 342 Å². The molecule has 4 heterocycles. The molecular weight excluding hydrogens is 1280 g/mol. The first-order valence-corrected chi connectivity index (χ1v) is 19.8. The standard InChI is InChI=1S/2C8H6N4.11CO.3ClH.3Re/c2*1-3-9-7(10-4-1)8-11-5-2-6-12-8;11*1-2;;;;;;/h2*1-6H;;;;;;;;;;;;3*1H;;;/q;;;;;;;;;;;;;;;;3*+1/p-3. The molecule has 52 heavy (non-hydrogen) atoms. The number of aromatic nitrogens is 8. The number of rotatable bonds is 2. The van der Waals surface area contributed by atoms with E-state index in [9.17, 15) is 0 Å². The van der Waals surface area contributed by atoms with Crippen molar-refractivity contribution in [2.45, 2.75) is 0 Å². The minimum Gasteiger partial charge on any atom is -0.234 e. The molecule has 0 N–H and O–H groups in total. The summed E-state index contributed by atoms with van der Waals surface area (Å²) in [5.41, 5.74) is 0. The van der Waals surface area contributed by atoms with Crippen molar-refractivity contribution >= 4 is 28.6 Å². The van der Waals surface area contributed by atoms with Crippen molar-refractivity contribution in [3.05, 3.63) is 147 Å². The third kappa shape index (κ3) is 72.1. The van der Waals surface area contributed by atoms with Crippen LogP contribution < -0.4 is 0 Å². The van der Waals surface area contributed by atoms with Gasteiger partial charge >= 0.3 is 207 Å². The Morgan fingerprint density at radius 1 is 0.250 bits per heavy atom. The molecule has 0 saturated heterocycles. The third-order valence-electron chi connectivity index (χ3n) is 2.66. The van der Waals surface area contributed by atoms with Crippen molar-refractivity contribution < 1.29 is 106 Å². The monoisotopic (exact) mass is 1290 g/mol. The van der Waals surface area contributed by atoms with Gasteiger partial charge in [-0.3, -0.25) is 0 Å². The molecular formula is C27H12Cl3N8O11Re3. The molecule has 0 saturated carbocycles. The smallest absolute Gasteiger partial charge is 0.197 e. The molecule has 25 heteroatoms. The maximum Gasteiger partial charge on any atom is 0.197 e. The summed E-state index contributed by atoms with van der Waals surface area (Å²) >= 11 is 3.58. The first-order chi connectivity index (χ1) is 25.9. The van der Waals surface area contributed by atoms with Crippen LogP contribution >= 0.6 is 28.6 Å². The molecule has 0 atom stereocenters. The third-order valence-corrected chi connectivity index (χ3v) is 2.66. The van der Waals surface area contributed by atoms with E-state index in [0.717, 1.165) is 0 Å². The Kier molecular flexibility index (Phi) is 200. The van der Waals surface area contributed by atoms with Gasteiger partial charge in [0.25, 0.3) is 0 Å². The zero-order valence-electron chi connectivity index (χ0n) is 24.8. The van der Waals surface area contributed by atoms with Gasteiger partial charge in [-0.25, -0.2) is 39.9 Å². The SMILES string of the molecule is [C-]#[O+].[C-]#[O+].[C-]#[O+].[C-]#[O+].[C-]#[O+].[C-]#[O+].[C-]#[O+].[C-]#[O+].[C-]#[O+].[C-]#[O+].[C-]#[O+].[Cl][Re].[Cl][Re].[Cl][Re].c1cnc(-c2ncccn2)nc1.c1cnc(-c2ncccn2)nc1. The van der Waals surface area contributed by atoms with Crippen molar-refractivity contribution in [3.63, 3.8) is 0 Å². The summed E-state index contributed by atoms with van der Waals surface area (Å²) in [5.74, 6) is 2.22. The van der Waals surface area contributed by atoms with Crippen LogP contribution in [0.15, 0.2) is 73.8 Å². The average Bonchev–Trinajstić information content (AvgIpc) is 3.34. The van der Waals surface area contributed by atoms with Crippen LogP contribution in [-0.4, -0.2) is 39.9 Å². The van der Waals surface area contributed by atoms with Crippen LogP contribution in [0.1, 0.15) is 0 Å². The van der Waals surface area contributed by atoms with Gasteiger partial charge in [0.15, 0.2) is 23.3 Å². The summed E-state index contributed by atoms with van der Waals surface area (Å²) in [6.45, 7) is 49.5. The molecule has 0 aliphatic rings. The van der Waals surface area contributed by atoms with Crippen LogP contribution in [-0.2, 0) is 106 Å². The fourth-order valence-electron chi connectivity index (χ4n) is 1.66. The first kappa shape index (κ1) is 82.0. The second-order valence-electron chi connectivity index (χ2n) is 4.29. The van der Waals surface area contributed by atoms with Gasteiger partial charge in [0.1, 0.15) is 0 Å². The quantitative estimate of drug-likeness (QED) is 0.211. The Morgan fingerprint density at radius 3 is 0.404 bits per heavy atom. The summed E-state index contributed by atoms with van der Waals surface area (Å²) in [6.07, 6.45) is 13.3. The van der Waals surface area contributed by atoms with E-state index >= 15 is 0 Å². The molecule has 0 aliphatic heterocycles. The van der Waals surface area contributed by atoms with E-state index in [2.05, 4.69) is 113 Å². The fraction of sp³-hybridized carbons (Fsp3) is 0. The molecule has 0 spiro atoms. The van der Waals surface area contributed by atoms with Crippen molar-refractivity contribution in [1.82, 2.24) is 39.9 Å². The normalized spacial score (nSPS) is 5.23. The van der Waals surface area contributed by atoms with Crippen LogP contribution in [0.5, 0.6) is 0 Å². The number of halogens is 3. The van der Waals surface area contributed by atoms with Gasteiger partial charge in [-0.05, 0) is 24.3 Å². The zero-order valence-corrected chi connectivity index (χ0v) is 35.2. The molecule has 19 nitrogen and oxygen atoms in total. The van der Waals surface area contributed by atoms with E-state index in [1.807, 2.05) is 0 Å². The van der Waals surface area contributed by atoms with E-state index < -0.39 is 0 Å². The van der Waals surface area contributed by atoms with Gasteiger partial charge in [-0.1, -0.05) is 0 Å². The molecule has 0 amide bonds. The Balaban J connectivity index is -0.0000000372. The average molecular weight is 1290 g/mol. The van der Waals surface area contributed by atoms with Gasteiger partial charge in [-0.15, -0.1) is 0 Å². The van der Waals surface area contributed by atoms with Crippen molar-refractivity contribution in [2.75, 3.05) is 0 Å². The van der Waals surface area contributed by atoms with Crippen LogP contribution in [0.3, 0.4) is 0 Å². The molecule has 268 valence electrons. The molecule has 4 aromatic rings. The molecule has 0 aliphatic carbocycles. The molecule has 4 rings (SSSR count). The van der Waals surface area contributed by atoms with Crippen LogP contribution in [0, 0.1) is 73.2 Å². The largest absolute Gasteiger partial charge is 0.234 e. The van der Waals surface area contributed by atoms with Crippen molar-refractivity contribution in [3.8, 4) is 23.3 Å². The van der Waals surface area contributed by atoms with Crippen LogP contribution in [0.2, 0.25) is 0 Å². The minimum absolute atomic E-state index is 0.554. The molecule has 4 aromatic heterocycles. The van der Waals surface area contributed by atoms with Crippen molar-refractivity contribution in [1.29, 1.82) is 0 Å². The van der Waals surface area contributed by atoms with Crippen LogP contribution in [0.4, 0.5) is 0 Å². The van der Waals surface area contributed by atoms with E-state index in [0.29, 0.717) is 23.3 Å². The predicted molar refractivity (Wildman–Crippen MR) is 147 cm³/mol. The Bertz CT molecular complexity index is 1120. The summed E-state index contributed by atoms with van der Waals surface area (Å²) < 4.78 is 82.5. The Morgan fingerprint density at radius 2 is 0.327 bits per heavy atom. The van der Waals surface area contributed by atoms with Gasteiger partial charge in [-0.2, -0.15) is 0 Å². The molecule has 0 aromatic carbocycles. The summed E-state index contributed by atoms with van der Waals surface area (Å²) in [7, 11) is 14.1. The van der Waals surface area contributed by atoms with Gasteiger partial charge in [0, 0.05) is 49.6 Å². The minimum atomic E-state index is 0.554. The zero-order chi connectivity index (χ0) is 44.5. The molecule has 0 unspecified atom stereocenters. The maximum atomic E-state index is 7.50. The predicted octanol–water partition coefficient (Wildman–Crippen LogP) is 3.52. The van der Waals surface area contributed by atoms with Crippen LogP contribution in [0.25, 0.3) is 23.3 Å². The topological polar surface area (TPSA) is 322 Å². The first-order valence-electron chi connectivity index (χ1n) is 9.70. The summed E-state index contributed by atoms with van der Waals surface area (Å²) in [6, 6.07) is 7.03. The van der Waals surface area contributed by atoms with Gasteiger partial charge in [0.05, 0.1) is 0 Å². The van der Waals surface area contributed by atoms with Crippen molar-refractivity contribution in [2.24, 2.45) is 0 Å².